The molecule has 1 heterocycles. The molecule has 0 saturated carbocycles. The monoisotopic (exact) mass is 368 g/mol. The van der Waals surface area contributed by atoms with E-state index in [-0.39, 0.29) is 24.7 Å². The molecule has 1 saturated heterocycles. The van der Waals surface area contributed by atoms with Crippen molar-refractivity contribution < 1.29 is 23.1 Å². The van der Waals surface area contributed by atoms with Gasteiger partial charge >= 0.3 is 5.97 Å². The van der Waals surface area contributed by atoms with Gasteiger partial charge in [-0.25, -0.2) is 12.7 Å². The van der Waals surface area contributed by atoms with Gasteiger partial charge in [0.15, 0.2) is 0 Å². The second kappa shape index (κ2) is 7.53. The molecule has 0 radical (unpaired) electrons. The molecule has 1 aromatic rings. The molecule has 25 heavy (non-hydrogen) atoms. The SMILES string of the molecule is CCS(=O)(=O)N1CCC(C(=O)N[C@@H](C)C(=O)O)(c2ccccc2)CC1. The van der Waals surface area contributed by atoms with Gasteiger partial charge in [0.25, 0.3) is 0 Å². The van der Waals surface area contributed by atoms with Crippen molar-refractivity contribution in [1.82, 2.24) is 9.62 Å². The third kappa shape index (κ3) is 4.01. The zero-order chi connectivity index (χ0) is 18.7. The minimum absolute atomic E-state index is 0.0214. The highest BCUT2D eigenvalue weighted by molar-refractivity contribution is 7.89. The van der Waals surface area contributed by atoms with Gasteiger partial charge in [0.05, 0.1) is 11.2 Å². The van der Waals surface area contributed by atoms with E-state index in [1.807, 2.05) is 30.3 Å². The summed E-state index contributed by atoms with van der Waals surface area (Å²) >= 11 is 0. The Morgan fingerprint density at radius 1 is 1.24 bits per heavy atom. The van der Waals surface area contributed by atoms with Crippen LogP contribution < -0.4 is 5.32 Å². The highest BCUT2D eigenvalue weighted by atomic mass is 32.2. The van der Waals surface area contributed by atoms with Gasteiger partial charge in [-0.2, -0.15) is 0 Å². The van der Waals surface area contributed by atoms with Crippen molar-refractivity contribution >= 4 is 21.9 Å². The highest BCUT2D eigenvalue weighted by Gasteiger charge is 2.45. The number of carboxylic acids is 1. The van der Waals surface area contributed by atoms with E-state index in [1.54, 1.807) is 6.92 Å². The molecule has 1 aliphatic heterocycles. The lowest BCUT2D eigenvalue weighted by atomic mass is 9.72. The maximum absolute atomic E-state index is 12.9. The number of aliphatic carboxylic acids is 1. The summed E-state index contributed by atoms with van der Waals surface area (Å²) in [7, 11) is -3.31. The molecule has 2 N–H and O–H groups in total. The number of hydrogen-bond donors (Lipinski definition) is 2. The topological polar surface area (TPSA) is 104 Å². The normalized spacial score (nSPS) is 19.1. The zero-order valence-corrected chi connectivity index (χ0v) is 15.3. The van der Waals surface area contributed by atoms with E-state index < -0.39 is 27.4 Å². The minimum atomic E-state index is -3.31. The fourth-order valence-electron chi connectivity index (χ4n) is 3.13. The average Bonchev–Trinajstić information content (AvgIpc) is 2.62. The second-order valence-corrected chi connectivity index (χ2v) is 8.54. The lowest BCUT2D eigenvalue weighted by Gasteiger charge is -2.40. The minimum Gasteiger partial charge on any atom is -0.480 e. The lowest BCUT2D eigenvalue weighted by Crippen LogP contribution is -2.55. The van der Waals surface area contributed by atoms with Crippen molar-refractivity contribution in [2.24, 2.45) is 0 Å². The fourth-order valence-corrected chi connectivity index (χ4v) is 4.23. The van der Waals surface area contributed by atoms with Crippen LogP contribution in [0.15, 0.2) is 30.3 Å². The first kappa shape index (κ1) is 19.4. The summed E-state index contributed by atoms with van der Waals surface area (Å²) in [5.74, 6) is -1.46. The van der Waals surface area contributed by atoms with E-state index in [4.69, 9.17) is 5.11 Å². The third-order valence-corrected chi connectivity index (χ3v) is 6.69. The zero-order valence-electron chi connectivity index (χ0n) is 14.4. The molecule has 138 valence electrons. The van der Waals surface area contributed by atoms with E-state index in [0.717, 1.165) is 5.56 Å². The smallest absolute Gasteiger partial charge is 0.325 e. The van der Waals surface area contributed by atoms with Crippen LogP contribution in [0.5, 0.6) is 0 Å². The Bertz CT molecular complexity index is 725. The van der Waals surface area contributed by atoms with Crippen LogP contribution in [0.3, 0.4) is 0 Å². The number of rotatable bonds is 6. The van der Waals surface area contributed by atoms with Crippen LogP contribution in [0.1, 0.15) is 32.3 Å². The maximum Gasteiger partial charge on any atom is 0.325 e. The van der Waals surface area contributed by atoms with E-state index in [1.165, 1.54) is 11.2 Å². The summed E-state index contributed by atoms with van der Waals surface area (Å²) in [6, 6.07) is 8.13. The molecule has 1 aliphatic rings. The number of piperidine rings is 1. The average molecular weight is 368 g/mol. The summed E-state index contributed by atoms with van der Waals surface area (Å²) in [4.78, 5) is 24.0. The highest BCUT2D eigenvalue weighted by Crippen LogP contribution is 2.36. The molecule has 0 unspecified atom stereocenters. The number of hydrogen-bond acceptors (Lipinski definition) is 4. The Kier molecular flexibility index (Phi) is 5.84. The quantitative estimate of drug-likeness (QED) is 0.778. The van der Waals surface area contributed by atoms with E-state index in [0.29, 0.717) is 12.8 Å². The van der Waals surface area contributed by atoms with E-state index in [2.05, 4.69) is 5.32 Å². The molecule has 1 aromatic carbocycles. The number of sulfonamides is 1. The molecule has 8 heteroatoms. The van der Waals surface area contributed by atoms with Gasteiger partial charge in [0.2, 0.25) is 15.9 Å². The number of benzene rings is 1. The lowest BCUT2D eigenvalue weighted by molar-refractivity contribution is -0.142. The summed E-state index contributed by atoms with van der Waals surface area (Å²) < 4.78 is 25.6. The molecule has 0 aliphatic carbocycles. The van der Waals surface area contributed by atoms with Crippen LogP contribution in [0.2, 0.25) is 0 Å². The van der Waals surface area contributed by atoms with Gasteiger partial charge in [-0.05, 0) is 32.3 Å². The molecule has 0 bridgehead atoms. The second-order valence-electron chi connectivity index (χ2n) is 6.28. The van der Waals surface area contributed by atoms with Crippen LogP contribution in [-0.4, -0.2) is 54.6 Å². The van der Waals surface area contributed by atoms with Crippen molar-refractivity contribution in [3.63, 3.8) is 0 Å². The Morgan fingerprint density at radius 2 is 1.80 bits per heavy atom. The number of carbonyl (C=O) groups excluding carboxylic acids is 1. The molecule has 7 nitrogen and oxygen atoms in total. The van der Waals surface area contributed by atoms with Gasteiger partial charge in [-0.15, -0.1) is 0 Å². The van der Waals surface area contributed by atoms with Gasteiger partial charge in [0, 0.05) is 13.1 Å². The van der Waals surface area contributed by atoms with Crippen LogP contribution in [0.25, 0.3) is 0 Å². The van der Waals surface area contributed by atoms with Gasteiger partial charge in [-0.1, -0.05) is 30.3 Å². The van der Waals surface area contributed by atoms with Crippen LogP contribution in [0.4, 0.5) is 0 Å². The van der Waals surface area contributed by atoms with Crippen LogP contribution in [0, 0.1) is 0 Å². The number of nitrogens with one attached hydrogen (secondary N) is 1. The van der Waals surface area contributed by atoms with Crippen molar-refractivity contribution in [2.75, 3.05) is 18.8 Å². The number of amides is 1. The number of carbonyl (C=O) groups is 2. The summed E-state index contributed by atoms with van der Waals surface area (Å²) in [5.41, 5.74) is -0.149. The Morgan fingerprint density at radius 3 is 2.28 bits per heavy atom. The van der Waals surface area contributed by atoms with Crippen LogP contribution in [-0.2, 0) is 25.0 Å². The fraction of sp³-hybridized carbons (Fsp3) is 0.529. The molecular weight excluding hydrogens is 344 g/mol. The molecule has 0 aromatic heterocycles. The molecule has 2 rings (SSSR count). The third-order valence-electron chi connectivity index (χ3n) is 4.81. The standard InChI is InChI=1S/C17H24N2O5S/c1-3-25(23,24)19-11-9-17(10-12-19,14-7-5-4-6-8-14)16(22)18-13(2)15(20)21/h4-8,13H,3,9-12H2,1-2H3,(H,18,22)(H,20,21)/t13-/m0/s1. The van der Waals surface area contributed by atoms with Crippen molar-refractivity contribution in [3.8, 4) is 0 Å². The van der Waals surface area contributed by atoms with E-state index in [9.17, 15) is 18.0 Å². The first-order valence-corrected chi connectivity index (χ1v) is 9.91. The first-order valence-electron chi connectivity index (χ1n) is 8.30. The van der Waals surface area contributed by atoms with Crippen LogP contribution >= 0.6 is 0 Å². The number of nitrogens with zero attached hydrogens (tertiary/aromatic N) is 1. The summed E-state index contributed by atoms with van der Waals surface area (Å²) in [5, 5.41) is 11.6. The Labute approximate surface area is 148 Å². The number of carboxylic acid groups (broad SMARTS) is 1. The van der Waals surface area contributed by atoms with Crippen molar-refractivity contribution in [2.45, 2.75) is 38.1 Å². The van der Waals surface area contributed by atoms with Gasteiger partial charge in [-0.3, -0.25) is 9.59 Å². The van der Waals surface area contributed by atoms with Crippen molar-refractivity contribution in [1.29, 1.82) is 0 Å². The summed E-state index contributed by atoms with van der Waals surface area (Å²) in [6.45, 7) is 3.48. The van der Waals surface area contributed by atoms with Gasteiger partial charge < -0.3 is 10.4 Å². The Balaban J connectivity index is 2.31. The largest absolute Gasteiger partial charge is 0.480 e. The van der Waals surface area contributed by atoms with E-state index >= 15 is 0 Å². The molecule has 1 amide bonds. The molecule has 1 atom stereocenters. The Hall–Kier alpha value is -1.93. The predicted molar refractivity (Wildman–Crippen MR) is 93.6 cm³/mol. The summed E-state index contributed by atoms with van der Waals surface area (Å²) in [6.07, 6.45) is 0.628. The maximum atomic E-state index is 12.9. The first-order chi connectivity index (χ1) is 11.7. The molecule has 0 spiro atoms. The predicted octanol–water partition coefficient (Wildman–Crippen LogP) is 0.959. The van der Waals surface area contributed by atoms with Gasteiger partial charge in [0.1, 0.15) is 6.04 Å². The van der Waals surface area contributed by atoms with Crippen molar-refractivity contribution in [3.05, 3.63) is 35.9 Å². The molecule has 1 fully saturated rings. The molecular formula is C17H24N2O5S.